The Morgan fingerprint density at radius 3 is 2.90 bits per heavy atom. The predicted octanol–water partition coefficient (Wildman–Crippen LogP) is 5.00. The summed E-state index contributed by atoms with van der Waals surface area (Å²) in [6.07, 6.45) is 5.46. The number of imidazole rings is 1. The van der Waals surface area contributed by atoms with Crippen molar-refractivity contribution < 1.29 is 4.79 Å². The van der Waals surface area contributed by atoms with Crippen LogP contribution in [0.3, 0.4) is 0 Å². The molecule has 4 heterocycles. The van der Waals surface area contributed by atoms with Crippen LogP contribution in [-0.4, -0.2) is 32.2 Å². The summed E-state index contributed by atoms with van der Waals surface area (Å²) >= 11 is 1.85. The predicted molar refractivity (Wildman–Crippen MR) is 118 cm³/mol. The molecule has 1 atom stereocenters. The molecule has 5 nitrogen and oxygen atoms in total. The molecule has 0 N–H and O–H groups in total. The molecule has 2 aliphatic rings. The fourth-order valence-electron chi connectivity index (χ4n) is 4.42. The smallest absolute Gasteiger partial charge is 0.260 e. The molecule has 5 rings (SSSR count). The number of benzene rings is 1. The third kappa shape index (κ3) is 3.33. The molecule has 0 bridgehead atoms. The van der Waals surface area contributed by atoms with Crippen molar-refractivity contribution in [1.29, 1.82) is 0 Å². The second kappa shape index (κ2) is 7.48. The fraction of sp³-hybridized carbons (Fsp3) is 0.435. The van der Waals surface area contributed by atoms with Crippen molar-refractivity contribution in [3.8, 4) is 0 Å². The van der Waals surface area contributed by atoms with Crippen LogP contribution in [-0.2, 0) is 13.0 Å². The zero-order chi connectivity index (χ0) is 20.0. The number of amides is 1. The van der Waals surface area contributed by atoms with Crippen LogP contribution in [0.2, 0.25) is 0 Å². The molecule has 3 aromatic rings. The SMILES string of the molecule is Cc1cc(C(=O)N2CC[C@@H](C)Sc3ccccc32)c2nc3n(c2n1)CCCCC3. The molecule has 1 amide bonds. The second-order valence-corrected chi connectivity index (χ2v) is 9.60. The van der Waals surface area contributed by atoms with Crippen molar-refractivity contribution in [3.63, 3.8) is 0 Å². The van der Waals surface area contributed by atoms with E-state index in [0.29, 0.717) is 10.8 Å². The molecular weight excluding hydrogens is 380 g/mol. The zero-order valence-electron chi connectivity index (χ0n) is 17.0. The van der Waals surface area contributed by atoms with Crippen molar-refractivity contribution in [2.45, 2.75) is 62.6 Å². The Morgan fingerprint density at radius 2 is 2.00 bits per heavy atom. The Balaban J connectivity index is 1.63. The topological polar surface area (TPSA) is 51.0 Å². The third-order valence-corrected chi connectivity index (χ3v) is 7.15. The van der Waals surface area contributed by atoms with E-state index >= 15 is 0 Å². The van der Waals surface area contributed by atoms with Crippen molar-refractivity contribution >= 4 is 34.5 Å². The van der Waals surface area contributed by atoms with Gasteiger partial charge in [0.05, 0.1) is 11.3 Å². The lowest BCUT2D eigenvalue weighted by molar-refractivity contribution is 0.0987. The van der Waals surface area contributed by atoms with E-state index in [4.69, 9.17) is 9.97 Å². The van der Waals surface area contributed by atoms with Crippen LogP contribution in [0.1, 0.15) is 54.5 Å². The molecule has 0 radical (unpaired) electrons. The van der Waals surface area contributed by atoms with E-state index in [-0.39, 0.29) is 5.91 Å². The minimum absolute atomic E-state index is 0.0379. The first-order valence-corrected chi connectivity index (χ1v) is 11.4. The number of pyridine rings is 1. The largest absolute Gasteiger partial charge is 0.313 e. The number of aromatic nitrogens is 3. The van der Waals surface area contributed by atoms with Crippen molar-refractivity contribution in [1.82, 2.24) is 14.5 Å². The summed E-state index contributed by atoms with van der Waals surface area (Å²) in [6, 6.07) is 10.2. The van der Waals surface area contributed by atoms with Gasteiger partial charge in [-0.15, -0.1) is 11.8 Å². The van der Waals surface area contributed by atoms with Crippen LogP contribution in [0.5, 0.6) is 0 Å². The summed E-state index contributed by atoms with van der Waals surface area (Å²) in [5, 5.41) is 0.483. The van der Waals surface area contributed by atoms with Gasteiger partial charge in [0.15, 0.2) is 5.65 Å². The molecular formula is C23H26N4OS. The molecule has 29 heavy (non-hydrogen) atoms. The number of rotatable bonds is 1. The maximum atomic E-state index is 13.8. The zero-order valence-corrected chi connectivity index (χ0v) is 17.8. The highest BCUT2D eigenvalue weighted by molar-refractivity contribution is 8.00. The number of carbonyl (C=O) groups is 1. The standard InChI is InChI=1S/C23H26N4OS/c1-15-14-17(21-22(24-15)27-12-7-3-4-10-20(27)25-21)23(28)26-13-11-16(2)29-19-9-6-5-8-18(19)26/h5-6,8-9,14,16H,3-4,7,10-13H2,1-2H3/t16-/m1/s1. The van der Waals surface area contributed by atoms with Crippen molar-refractivity contribution in [2.75, 3.05) is 11.4 Å². The maximum Gasteiger partial charge on any atom is 0.260 e. The van der Waals surface area contributed by atoms with E-state index in [9.17, 15) is 4.79 Å². The molecule has 2 aromatic heterocycles. The first kappa shape index (κ1) is 18.7. The monoisotopic (exact) mass is 406 g/mol. The van der Waals surface area contributed by atoms with Crippen LogP contribution in [0, 0.1) is 6.92 Å². The summed E-state index contributed by atoms with van der Waals surface area (Å²) < 4.78 is 2.24. The van der Waals surface area contributed by atoms with Crippen LogP contribution >= 0.6 is 11.8 Å². The highest BCUT2D eigenvalue weighted by Crippen LogP contribution is 2.38. The number of para-hydroxylation sites is 1. The number of fused-ring (bicyclic) bond motifs is 4. The van der Waals surface area contributed by atoms with Gasteiger partial charge >= 0.3 is 0 Å². The Bertz CT molecular complexity index is 1090. The lowest BCUT2D eigenvalue weighted by Gasteiger charge is -2.23. The second-order valence-electron chi connectivity index (χ2n) is 8.12. The molecule has 6 heteroatoms. The van der Waals surface area contributed by atoms with Crippen molar-refractivity contribution in [3.05, 3.63) is 47.4 Å². The minimum Gasteiger partial charge on any atom is -0.313 e. The summed E-state index contributed by atoms with van der Waals surface area (Å²) in [6.45, 7) is 5.87. The van der Waals surface area contributed by atoms with Crippen LogP contribution in [0.25, 0.3) is 11.2 Å². The summed E-state index contributed by atoms with van der Waals surface area (Å²) in [4.78, 5) is 26.6. The van der Waals surface area contributed by atoms with Crippen LogP contribution in [0.4, 0.5) is 5.69 Å². The number of aryl methyl sites for hydroxylation is 3. The van der Waals surface area contributed by atoms with Gasteiger partial charge in [0.2, 0.25) is 0 Å². The van der Waals surface area contributed by atoms with E-state index in [0.717, 1.165) is 67.1 Å². The quantitative estimate of drug-likeness (QED) is 0.571. The highest BCUT2D eigenvalue weighted by Gasteiger charge is 2.28. The summed E-state index contributed by atoms with van der Waals surface area (Å²) in [7, 11) is 0. The molecule has 0 saturated heterocycles. The van der Waals surface area contributed by atoms with E-state index in [1.54, 1.807) is 0 Å². The Hall–Kier alpha value is -2.34. The number of thioether (sulfide) groups is 1. The van der Waals surface area contributed by atoms with E-state index in [1.165, 1.54) is 11.3 Å². The summed E-state index contributed by atoms with van der Waals surface area (Å²) in [5.41, 5.74) is 4.20. The average molecular weight is 407 g/mol. The number of nitrogens with zero attached hydrogens (tertiary/aromatic N) is 4. The average Bonchev–Trinajstić information content (AvgIpc) is 2.86. The molecule has 0 unspecified atom stereocenters. The normalized spacial score (nSPS) is 19.4. The maximum absolute atomic E-state index is 13.8. The van der Waals surface area contributed by atoms with Crippen LogP contribution < -0.4 is 4.90 Å². The molecule has 1 aromatic carbocycles. The van der Waals surface area contributed by atoms with Gasteiger partial charge in [-0.1, -0.05) is 25.5 Å². The lowest BCUT2D eigenvalue weighted by atomic mass is 10.1. The van der Waals surface area contributed by atoms with Gasteiger partial charge in [0.1, 0.15) is 11.3 Å². The molecule has 0 aliphatic carbocycles. The van der Waals surface area contributed by atoms with Gasteiger partial charge in [0, 0.05) is 35.3 Å². The first-order valence-electron chi connectivity index (χ1n) is 10.6. The number of hydrogen-bond donors (Lipinski definition) is 0. The van der Waals surface area contributed by atoms with Crippen molar-refractivity contribution in [2.24, 2.45) is 0 Å². The Kier molecular flexibility index (Phi) is 4.82. The van der Waals surface area contributed by atoms with E-state index in [2.05, 4.69) is 23.6 Å². The van der Waals surface area contributed by atoms with Gasteiger partial charge in [-0.2, -0.15) is 0 Å². The molecule has 0 saturated carbocycles. The molecule has 0 spiro atoms. The van der Waals surface area contributed by atoms with E-state index in [1.807, 2.05) is 41.8 Å². The van der Waals surface area contributed by atoms with Gasteiger partial charge in [-0.25, -0.2) is 9.97 Å². The summed E-state index contributed by atoms with van der Waals surface area (Å²) in [5.74, 6) is 1.11. The number of carbonyl (C=O) groups excluding carboxylic acids is 1. The number of hydrogen-bond acceptors (Lipinski definition) is 4. The van der Waals surface area contributed by atoms with Gasteiger partial charge in [-0.05, 0) is 44.4 Å². The number of anilines is 1. The van der Waals surface area contributed by atoms with E-state index < -0.39 is 0 Å². The minimum atomic E-state index is 0.0379. The molecule has 150 valence electrons. The highest BCUT2D eigenvalue weighted by atomic mass is 32.2. The Morgan fingerprint density at radius 1 is 1.14 bits per heavy atom. The third-order valence-electron chi connectivity index (χ3n) is 5.91. The lowest BCUT2D eigenvalue weighted by Crippen LogP contribution is -2.32. The molecule has 0 fully saturated rings. The molecule has 2 aliphatic heterocycles. The van der Waals surface area contributed by atoms with Gasteiger partial charge in [0.25, 0.3) is 5.91 Å². The van der Waals surface area contributed by atoms with Crippen LogP contribution in [0.15, 0.2) is 35.2 Å². The first-order chi connectivity index (χ1) is 14.1. The van der Waals surface area contributed by atoms with Gasteiger partial charge < -0.3 is 9.47 Å². The van der Waals surface area contributed by atoms with Gasteiger partial charge in [-0.3, -0.25) is 4.79 Å². The fourth-order valence-corrected chi connectivity index (χ4v) is 5.53. The Labute approximate surface area is 175 Å².